The molecule has 0 aliphatic rings. The molecule has 0 saturated heterocycles. The molecular formula is C30H21F6NO4. The van der Waals surface area contributed by atoms with E-state index in [9.17, 15) is 46.1 Å². The second kappa shape index (κ2) is 11.4. The molecule has 0 fully saturated rings. The number of carboxylic acids is 1. The molecule has 3 N–H and O–H groups in total. The molecule has 11 heteroatoms. The molecular weight excluding hydrogens is 552 g/mol. The number of alkyl halides is 6. The van der Waals surface area contributed by atoms with Crippen LogP contribution in [0.3, 0.4) is 0 Å². The second-order valence-corrected chi connectivity index (χ2v) is 9.13. The summed E-state index contributed by atoms with van der Waals surface area (Å²) < 4.78 is 78.7. The van der Waals surface area contributed by atoms with Gasteiger partial charge >= 0.3 is 18.3 Å². The Morgan fingerprint density at radius 2 is 1.17 bits per heavy atom. The Morgan fingerprint density at radius 1 is 0.683 bits per heavy atom. The molecule has 41 heavy (non-hydrogen) atoms. The third-order valence-corrected chi connectivity index (χ3v) is 6.28. The molecule has 5 nitrogen and oxygen atoms in total. The maximum Gasteiger partial charge on any atom is 0.416 e. The highest BCUT2D eigenvalue weighted by molar-refractivity contribution is 5.98. The predicted molar refractivity (Wildman–Crippen MR) is 138 cm³/mol. The van der Waals surface area contributed by atoms with Crippen molar-refractivity contribution in [3.63, 3.8) is 0 Å². The Morgan fingerprint density at radius 3 is 1.68 bits per heavy atom. The van der Waals surface area contributed by atoms with Crippen molar-refractivity contribution in [3.8, 4) is 28.0 Å². The van der Waals surface area contributed by atoms with Crippen LogP contribution < -0.4 is 5.32 Å². The fourth-order valence-electron chi connectivity index (χ4n) is 4.22. The van der Waals surface area contributed by atoms with Gasteiger partial charge in [0.25, 0.3) is 5.91 Å². The Labute approximate surface area is 229 Å². The molecule has 0 radical (unpaired) electrons. The Balaban J connectivity index is 1.60. The van der Waals surface area contributed by atoms with Gasteiger partial charge < -0.3 is 15.5 Å². The molecule has 1 amide bonds. The highest BCUT2D eigenvalue weighted by Gasteiger charge is 2.31. The smallest absolute Gasteiger partial charge is 0.416 e. The van der Waals surface area contributed by atoms with Crippen LogP contribution in [0.25, 0.3) is 22.3 Å². The maximum absolute atomic E-state index is 13.2. The molecule has 4 aromatic rings. The molecule has 212 valence electrons. The molecule has 0 heterocycles. The number of benzene rings is 4. The van der Waals surface area contributed by atoms with Crippen molar-refractivity contribution in [2.75, 3.05) is 0 Å². The summed E-state index contributed by atoms with van der Waals surface area (Å²) in [6.45, 7) is 0. The lowest BCUT2D eigenvalue weighted by atomic mass is 9.97. The lowest BCUT2D eigenvalue weighted by Crippen LogP contribution is -2.30. The summed E-state index contributed by atoms with van der Waals surface area (Å²) in [7, 11) is 0. The number of nitrogens with one attached hydrogen (secondary N) is 1. The van der Waals surface area contributed by atoms with Gasteiger partial charge in [0.2, 0.25) is 0 Å². The standard InChI is InChI=1S/C30H21F6NO4/c31-29(32,33)22-5-1-3-19(13-22)17-7-9-18(10-8-17)25(16-27(39)40)37-28(41)24-15-21(11-12-26(24)38)20-4-2-6-23(14-20)30(34,35)36/h1-15,25,38H,16H2,(H,37,41)(H,39,40). The third kappa shape index (κ3) is 7.05. The van der Waals surface area contributed by atoms with Crippen molar-refractivity contribution in [1.29, 1.82) is 0 Å². The lowest BCUT2D eigenvalue weighted by molar-refractivity contribution is -0.138. The van der Waals surface area contributed by atoms with Gasteiger partial charge in [0.15, 0.2) is 0 Å². The molecule has 0 saturated carbocycles. The van der Waals surface area contributed by atoms with Crippen LogP contribution in [-0.2, 0) is 17.1 Å². The van der Waals surface area contributed by atoms with Gasteiger partial charge in [-0.3, -0.25) is 9.59 Å². The van der Waals surface area contributed by atoms with Gasteiger partial charge in [-0.2, -0.15) is 26.3 Å². The number of carboxylic acid groups (broad SMARTS) is 1. The average molecular weight is 573 g/mol. The minimum atomic E-state index is -4.59. The first-order valence-electron chi connectivity index (χ1n) is 12.0. The number of hydrogen-bond acceptors (Lipinski definition) is 3. The fourth-order valence-corrected chi connectivity index (χ4v) is 4.22. The van der Waals surface area contributed by atoms with E-state index < -0.39 is 53.6 Å². The normalized spacial score (nSPS) is 12.5. The zero-order chi connectivity index (χ0) is 29.9. The zero-order valence-electron chi connectivity index (χ0n) is 20.9. The van der Waals surface area contributed by atoms with Crippen LogP contribution in [0.4, 0.5) is 26.3 Å². The first-order valence-corrected chi connectivity index (χ1v) is 12.0. The zero-order valence-corrected chi connectivity index (χ0v) is 20.9. The molecule has 1 unspecified atom stereocenters. The monoisotopic (exact) mass is 573 g/mol. The largest absolute Gasteiger partial charge is 0.507 e. The van der Waals surface area contributed by atoms with Gasteiger partial charge in [0.1, 0.15) is 5.75 Å². The van der Waals surface area contributed by atoms with Crippen LogP contribution in [0, 0.1) is 0 Å². The predicted octanol–water partition coefficient (Wildman–Crippen LogP) is 7.71. The minimum absolute atomic E-state index is 0.140. The summed E-state index contributed by atoms with van der Waals surface area (Å²) in [5, 5.41) is 22.2. The molecule has 0 aliphatic carbocycles. The maximum atomic E-state index is 13.2. The van der Waals surface area contributed by atoms with E-state index >= 15 is 0 Å². The molecule has 0 aliphatic heterocycles. The van der Waals surface area contributed by atoms with Crippen molar-refractivity contribution in [2.45, 2.75) is 24.8 Å². The lowest BCUT2D eigenvalue weighted by Gasteiger charge is -2.19. The Kier molecular flexibility index (Phi) is 8.09. The van der Waals surface area contributed by atoms with E-state index in [1.54, 1.807) is 0 Å². The van der Waals surface area contributed by atoms with Gasteiger partial charge in [-0.1, -0.05) is 54.6 Å². The highest BCUT2D eigenvalue weighted by Crippen LogP contribution is 2.35. The van der Waals surface area contributed by atoms with Crippen LogP contribution in [0.1, 0.15) is 39.5 Å². The van der Waals surface area contributed by atoms with Gasteiger partial charge in [-0.05, 0) is 64.2 Å². The van der Waals surface area contributed by atoms with Crippen LogP contribution in [0.2, 0.25) is 0 Å². The highest BCUT2D eigenvalue weighted by atomic mass is 19.4. The summed E-state index contributed by atoms with van der Waals surface area (Å²) >= 11 is 0. The minimum Gasteiger partial charge on any atom is -0.507 e. The third-order valence-electron chi connectivity index (χ3n) is 6.28. The summed E-state index contributed by atoms with van der Waals surface area (Å²) in [6.07, 6.45) is -9.69. The molecule has 4 aromatic carbocycles. The Hall–Kier alpha value is -4.80. The number of aliphatic carboxylic acids is 1. The molecule has 0 bridgehead atoms. The number of phenols is 1. The quantitative estimate of drug-likeness (QED) is 0.198. The van der Waals surface area contributed by atoms with E-state index in [0.717, 1.165) is 30.3 Å². The number of carbonyl (C=O) groups excluding carboxylic acids is 1. The Bertz CT molecular complexity index is 1580. The van der Waals surface area contributed by atoms with Crippen molar-refractivity contribution in [3.05, 3.63) is 113 Å². The number of hydrogen-bond donors (Lipinski definition) is 3. The number of phenolic OH excluding ortho intramolecular Hbond substituents is 1. The first kappa shape index (κ1) is 29.2. The first-order chi connectivity index (χ1) is 19.2. The fraction of sp³-hybridized carbons (Fsp3) is 0.133. The van der Waals surface area contributed by atoms with E-state index in [1.807, 2.05) is 0 Å². The summed E-state index contributed by atoms with van der Waals surface area (Å²) in [5.41, 5.74) is -0.652. The van der Waals surface area contributed by atoms with Gasteiger partial charge in [0.05, 0.1) is 29.2 Å². The van der Waals surface area contributed by atoms with E-state index in [2.05, 4.69) is 5.32 Å². The molecule has 1 atom stereocenters. The van der Waals surface area contributed by atoms with Crippen LogP contribution in [0.5, 0.6) is 5.75 Å². The molecule has 0 spiro atoms. The van der Waals surface area contributed by atoms with Gasteiger partial charge in [0, 0.05) is 0 Å². The van der Waals surface area contributed by atoms with Crippen LogP contribution in [-0.4, -0.2) is 22.1 Å². The summed E-state index contributed by atoms with van der Waals surface area (Å²) in [5.74, 6) is -2.63. The summed E-state index contributed by atoms with van der Waals surface area (Å²) in [6, 6.07) is 17.5. The van der Waals surface area contributed by atoms with E-state index in [1.165, 1.54) is 60.7 Å². The van der Waals surface area contributed by atoms with Gasteiger partial charge in [-0.25, -0.2) is 0 Å². The van der Waals surface area contributed by atoms with Crippen LogP contribution >= 0.6 is 0 Å². The number of aromatic hydroxyl groups is 1. The van der Waals surface area contributed by atoms with E-state index in [4.69, 9.17) is 0 Å². The number of amides is 1. The van der Waals surface area contributed by atoms with Crippen molar-refractivity contribution in [2.24, 2.45) is 0 Å². The van der Waals surface area contributed by atoms with Crippen molar-refractivity contribution >= 4 is 11.9 Å². The van der Waals surface area contributed by atoms with E-state index in [0.29, 0.717) is 11.1 Å². The number of rotatable bonds is 7. The average Bonchev–Trinajstić information content (AvgIpc) is 2.92. The number of carbonyl (C=O) groups is 2. The second-order valence-electron chi connectivity index (χ2n) is 9.13. The SMILES string of the molecule is O=C(O)CC(NC(=O)c1cc(-c2cccc(C(F)(F)F)c2)ccc1O)c1ccc(-c2cccc(C(F)(F)F)c2)cc1. The van der Waals surface area contributed by atoms with E-state index in [-0.39, 0.29) is 22.3 Å². The molecule has 0 aromatic heterocycles. The topological polar surface area (TPSA) is 86.6 Å². The van der Waals surface area contributed by atoms with Crippen LogP contribution in [0.15, 0.2) is 91.0 Å². The molecule has 4 rings (SSSR count). The summed E-state index contributed by atoms with van der Waals surface area (Å²) in [4.78, 5) is 24.7. The van der Waals surface area contributed by atoms with Gasteiger partial charge in [-0.15, -0.1) is 0 Å². The number of halogens is 6. The van der Waals surface area contributed by atoms with Crippen molar-refractivity contribution < 1.29 is 46.1 Å². The van der Waals surface area contributed by atoms with Crippen molar-refractivity contribution in [1.82, 2.24) is 5.32 Å².